The number of nitrogens with zero attached hydrogens (tertiary/aromatic N) is 3. The number of methoxy groups -OCH3 is 3. The average molecular weight is 1110 g/mol. The first-order valence-corrected chi connectivity index (χ1v) is 27.8. The van der Waals surface area contributed by atoms with E-state index in [1.165, 1.54) is 33.8 Å². The van der Waals surface area contributed by atoms with E-state index >= 15 is 0 Å². The summed E-state index contributed by atoms with van der Waals surface area (Å²) in [5.74, 6) is -4.61. The molecule has 4 aliphatic heterocycles. The van der Waals surface area contributed by atoms with E-state index in [1.807, 2.05) is 44.7 Å². The van der Waals surface area contributed by atoms with Crippen molar-refractivity contribution in [3.8, 4) is 0 Å². The second-order valence-corrected chi connectivity index (χ2v) is 23.2. The molecule has 5 rings (SSSR count). The largest absolute Gasteiger partial charge is 0.459 e. The number of aliphatic hydroxyl groups excluding tert-OH is 4. The Balaban J connectivity index is 1.46. The van der Waals surface area contributed by atoms with Crippen LogP contribution in [-0.2, 0) is 52.3 Å². The normalized spacial score (nSPS) is 39.2. The minimum Gasteiger partial charge on any atom is -0.459 e. The van der Waals surface area contributed by atoms with Gasteiger partial charge in [-0.25, -0.2) is 4.39 Å². The smallest absolute Gasteiger partial charge is 0.311 e. The summed E-state index contributed by atoms with van der Waals surface area (Å²) >= 11 is 0. The third kappa shape index (κ3) is 15.6. The zero-order valence-corrected chi connectivity index (χ0v) is 48.9. The molecule has 6 N–H and O–H groups in total. The van der Waals surface area contributed by atoms with Crippen molar-refractivity contribution < 1.29 is 82.2 Å². The van der Waals surface area contributed by atoms with Crippen molar-refractivity contribution in [2.45, 2.75) is 204 Å². The number of amides is 1. The maximum Gasteiger partial charge on any atom is 0.311 e. The fourth-order valence-electron chi connectivity index (χ4n) is 12.0. The van der Waals surface area contributed by atoms with Crippen molar-refractivity contribution >= 4 is 23.2 Å². The third-order valence-corrected chi connectivity index (χ3v) is 17.1. The quantitative estimate of drug-likeness (QED) is 0.0483. The first-order chi connectivity index (χ1) is 36.7. The van der Waals surface area contributed by atoms with E-state index < -0.39 is 139 Å². The fraction of sp³-hybridized carbons (Fsp3) is 0.807. The Morgan fingerprint density at radius 3 is 2.23 bits per heavy atom. The predicted octanol–water partition coefficient (Wildman–Crippen LogP) is 4.51. The van der Waals surface area contributed by atoms with Gasteiger partial charge < -0.3 is 83.4 Å². The van der Waals surface area contributed by atoms with E-state index in [-0.39, 0.29) is 39.0 Å². The van der Waals surface area contributed by atoms with Gasteiger partial charge in [0.1, 0.15) is 36.7 Å². The highest BCUT2D eigenvalue weighted by Gasteiger charge is 2.54. The number of esters is 1. The van der Waals surface area contributed by atoms with Gasteiger partial charge in [-0.3, -0.25) is 9.59 Å². The lowest BCUT2D eigenvalue weighted by Crippen LogP contribution is -2.61. The molecule has 1 aromatic rings. The summed E-state index contributed by atoms with van der Waals surface area (Å²) in [6.07, 6.45) is -8.42. The van der Waals surface area contributed by atoms with E-state index in [0.717, 1.165) is 25.1 Å². The molecule has 78 heavy (non-hydrogen) atoms. The van der Waals surface area contributed by atoms with Crippen LogP contribution in [0.5, 0.6) is 0 Å². The molecule has 4 heterocycles. The number of alkyl halides is 1. The number of aliphatic hydroxyl groups is 5. The molecule has 21 heteroatoms. The zero-order chi connectivity index (χ0) is 58.0. The van der Waals surface area contributed by atoms with Gasteiger partial charge >= 0.3 is 5.97 Å². The van der Waals surface area contributed by atoms with Gasteiger partial charge in [-0.15, -0.1) is 0 Å². The van der Waals surface area contributed by atoms with Crippen molar-refractivity contribution in [2.75, 3.05) is 68.5 Å². The van der Waals surface area contributed by atoms with Gasteiger partial charge in [0.25, 0.3) is 0 Å². The van der Waals surface area contributed by atoms with Crippen LogP contribution in [0.1, 0.15) is 125 Å². The first-order valence-electron chi connectivity index (χ1n) is 27.8. The number of oxime groups is 1. The monoisotopic (exact) mass is 1110 g/mol. The molecular weight excluding hydrogens is 1020 g/mol. The lowest BCUT2D eigenvalue weighted by Gasteiger charge is -2.50. The molecule has 20 atom stereocenters. The molecule has 446 valence electrons. The summed E-state index contributed by atoms with van der Waals surface area (Å²) in [5.41, 5.74) is -1.42. The molecule has 1 amide bonds. The summed E-state index contributed by atoms with van der Waals surface area (Å²) in [5, 5.41) is 66.0. The lowest BCUT2D eigenvalue weighted by atomic mass is 9.73. The second kappa shape index (κ2) is 28.6. The van der Waals surface area contributed by atoms with Gasteiger partial charge in [-0.1, -0.05) is 63.2 Å². The molecule has 0 bridgehead atoms. The van der Waals surface area contributed by atoms with Gasteiger partial charge in [0, 0.05) is 77.6 Å². The molecule has 1 aromatic carbocycles. The molecule has 0 saturated carbocycles. The number of rotatable bonds is 19. The van der Waals surface area contributed by atoms with Crippen LogP contribution in [0.2, 0.25) is 0 Å². The Labute approximate surface area is 462 Å². The van der Waals surface area contributed by atoms with Gasteiger partial charge in [-0.05, 0) is 98.0 Å². The molecule has 0 aromatic heterocycles. The van der Waals surface area contributed by atoms with Gasteiger partial charge in [-0.2, -0.15) is 0 Å². The molecule has 3 unspecified atom stereocenters. The molecule has 4 aliphatic rings. The third-order valence-electron chi connectivity index (χ3n) is 17.1. The second-order valence-electron chi connectivity index (χ2n) is 23.2. The number of hydrogen-bond donors (Lipinski definition) is 6. The maximum atomic E-state index is 14.6. The van der Waals surface area contributed by atoms with E-state index in [4.69, 9.17) is 42.7 Å². The van der Waals surface area contributed by atoms with Crippen molar-refractivity contribution in [3.63, 3.8) is 0 Å². The SMILES string of the molecule is CC[C@H]1OC(=O)[C@H](C)[C@@H](O[C@H]2CC(C)(OC)[C@@H](O)[C@H](C)O2)[C@H](C)[C@@H](O[C@@H]2O[C@H](C)C[C@H](N(C)CCC(=O)N[C@H](CF)[C@H](O)c3ccc(C4=CCCN(C)C4)cc3)[C@H]2O)C(C)(OC)C[C@@H](C)/C(=N\OCOC)[C@H](C)[C@@H](O)C1(C)O. The minimum atomic E-state index is -1.98. The van der Waals surface area contributed by atoms with Crippen molar-refractivity contribution in [1.29, 1.82) is 0 Å². The number of cyclic esters (lactones) is 1. The van der Waals surface area contributed by atoms with Crippen LogP contribution in [0, 0.1) is 23.7 Å². The molecule has 0 aliphatic carbocycles. The number of likely N-dealkylation sites (N-methyl/N-ethyl adjacent to an activating group) is 2. The maximum absolute atomic E-state index is 14.6. The van der Waals surface area contributed by atoms with E-state index in [9.17, 15) is 39.5 Å². The van der Waals surface area contributed by atoms with E-state index in [1.54, 1.807) is 53.8 Å². The van der Waals surface area contributed by atoms with E-state index in [0.29, 0.717) is 17.7 Å². The highest BCUT2D eigenvalue weighted by atomic mass is 19.1. The summed E-state index contributed by atoms with van der Waals surface area (Å²) in [6.45, 7) is 18.0. The molecular formula is C57H95FN4O16. The van der Waals surface area contributed by atoms with Crippen LogP contribution in [0.25, 0.3) is 5.57 Å². The van der Waals surface area contributed by atoms with Crippen molar-refractivity contribution in [3.05, 3.63) is 41.5 Å². The number of nitrogens with one attached hydrogen (secondary N) is 1. The van der Waals surface area contributed by atoms with Crippen LogP contribution in [0.3, 0.4) is 0 Å². The Morgan fingerprint density at radius 2 is 1.63 bits per heavy atom. The number of carbonyl (C=O) groups is 2. The van der Waals surface area contributed by atoms with Crippen LogP contribution >= 0.6 is 0 Å². The molecule has 20 nitrogen and oxygen atoms in total. The number of ether oxygens (including phenoxy) is 8. The Morgan fingerprint density at radius 1 is 0.962 bits per heavy atom. The summed E-state index contributed by atoms with van der Waals surface area (Å²) in [7, 11) is 8.26. The summed E-state index contributed by atoms with van der Waals surface area (Å²) in [4.78, 5) is 37.8. The number of hydrogen-bond acceptors (Lipinski definition) is 19. The Hall–Kier alpha value is -3.26. The molecule has 3 fully saturated rings. The first kappa shape index (κ1) is 65.5. The van der Waals surface area contributed by atoms with Crippen LogP contribution in [0.4, 0.5) is 4.39 Å². The number of carbonyl (C=O) groups excluding carboxylic acids is 2. The van der Waals surface area contributed by atoms with Crippen LogP contribution in [0.15, 0.2) is 35.5 Å². The average Bonchev–Trinajstić information content (AvgIpc) is 3.47. The Bertz CT molecular complexity index is 2120. The summed E-state index contributed by atoms with van der Waals surface area (Å²) in [6, 6.07) is 5.50. The fourth-order valence-corrected chi connectivity index (χ4v) is 12.0. The summed E-state index contributed by atoms with van der Waals surface area (Å²) < 4.78 is 64.8. The van der Waals surface area contributed by atoms with Crippen LogP contribution < -0.4 is 5.32 Å². The van der Waals surface area contributed by atoms with Gasteiger partial charge in [0.05, 0.1) is 59.4 Å². The predicted molar refractivity (Wildman–Crippen MR) is 289 cm³/mol. The van der Waals surface area contributed by atoms with Crippen molar-refractivity contribution in [1.82, 2.24) is 15.1 Å². The highest BCUT2D eigenvalue weighted by Crippen LogP contribution is 2.42. The minimum absolute atomic E-state index is 0.0651. The molecule has 3 saturated heterocycles. The topological polar surface area (TPSA) is 249 Å². The number of halogens is 1. The van der Waals surface area contributed by atoms with Crippen LogP contribution in [-0.4, -0.2) is 212 Å². The Kier molecular flexibility index (Phi) is 24.1. The van der Waals surface area contributed by atoms with Gasteiger partial charge in [0.2, 0.25) is 12.7 Å². The zero-order valence-electron chi connectivity index (χ0n) is 48.9. The molecule has 0 radical (unpaired) electrons. The highest BCUT2D eigenvalue weighted by molar-refractivity contribution is 5.89. The standard InChI is InChI=1S/C57H95FN4O16/c1-16-43-57(10,69)50(66)34(4)46(60-73-31-70-13)32(2)27-56(9,72-15)52(35(5)49(36(6)53(68)76-43)77-45-28-55(8,71-14)51(67)37(7)75-45)78-54-48(65)42(26-33(3)74-54)62(12)25-23-44(63)59-41(29-58)47(64)39-21-19-38(20-22-39)40-18-17-24-61(11)30-40/h18-22,32-37,41-43,45,47-52,54,64-67,69H,16-17,23-31H2,1-15H3,(H,59,63)/b60-46+/t32-,33-,34+,35+,36-,37+,41-,42+,43-,45+,47-,48-,49+,50-,51+,52-,54+,55?,56?,57?/m1/s1. The van der Waals surface area contributed by atoms with Crippen molar-refractivity contribution in [2.24, 2.45) is 28.8 Å². The van der Waals surface area contributed by atoms with Gasteiger partial charge in [0.15, 0.2) is 12.6 Å². The molecule has 0 spiro atoms. The van der Waals surface area contributed by atoms with E-state index in [2.05, 4.69) is 28.5 Å². The number of benzene rings is 1. The lowest BCUT2D eigenvalue weighted by molar-refractivity contribution is -0.319.